The molecule has 1 aromatic carbocycles. The predicted molar refractivity (Wildman–Crippen MR) is 75.5 cm³/mol. The number of amides is 1. The SMILES string of the molecule is O=C(NCc1ccc(F)cc1F)[C@@]12CCCC[C@H]1CNC2. The summed E-state index contributed by atoms with van der Waals surface area (Å²) in [6.45, 7) is 1.70. The third-order valence-corrected chi connectivity index (χ3v) is 4.94. The van der Waals surface area contributed by atoms with E-state index >= 15 is 0 Å². The fraction of sp³-hybridized carbons (Fsp3) is 0.562. The van der Waals surface area contributed by atoms with Crippen LogP contribution in [0.4, 0.5) is 8.78 Å². The van der Waals surface area contributed by atoms with Gasteiger partial charge in [-0.25, -0.2) is 8.78 Å². The molecule has 0 unspecified atom stereocenters. The minimum atomic E-state index is -0.613. The first-order chi connectivity index (χ1) is 10.1. The highest BCUT2D eigenvalue weighted by Gasteiger charge is 2.49. The van der Waals surface area contributed by atoms with Crippen LogP contribution in [-0.2, 0) is 11.3 Å². The lowest BCUT2D eigenvalue weighted by Gasteiger charge is -2.37. The van der Waals surface area contributed by atoms with E-state index < -0.39 is 11.6 Å². The molecule has 5 heteroatoms. The average Bonchev–Trinajstić information content (AvgIpc) is 2.91. The smallest absolute Gasteiger partial charge is 0.228 e. The van der Waals surface area contributed by atoms with E-state index in [4.69, 9.17) is 0 Å². The highest BCUT2D eigenvalue weighted by molar-refractivity contribution is 5.83. The van der Waals surface area contributed by atoms with Gasteiger partial charge in [0.1, 0.15) is 11.6 Å². The van der Waals surface area contributed by atoms with Crippen LogP contribution in [0.1, 0.15) is 31.2 Å². The van der Waals surface area contributed by atoms with Crippen LogP contribution in [0.15, 0.2) is 18.2 Å². The Morgan fingerprint density at radius 2 is 2.24 bits per heavy atom. The Bertz CT molecular complexity index is 549. The van der Waals surface area contributed by atoms with Crippen molar-refractivity contribution in [3.05, 3.63) is 35.4 Å². The molecule has 21 heavy (non-hydrogen) atoms. The second kappa shape index (κ2) is 5.72. The van der Waals surface area contributed by atoms with E-state index in [1.807, 2.05) is 0 Å². The molecule has 2 fully saturated rings. The number of benzene rings is 1. The number of fused-ring (bicyclic) bond motifs is 1. The molecule has 1 saturated heterocycles. The number of carbonyl (C=O) groups is 1. The Morgan fingerprint density at radius 3 is 3.05 bits per heavy atom. The first-order valence-electron chi connectivity index (χ1n) is 7.55. The summed E-state index contributed by atoms with van der Waals surface area (Å²) in [5.41, 5.74) is -0.0196. The van der Waals surface area contributed by atoms with Crippen molar-refractivity contribution in [2.75, 3.05) is 13.1 Å². The minimum absolute atomic E-state index is 0.000856. The molecule has 1 aromatic rings. The van der Waals surface area contributed by atoms with Crippen molar-refractivity contribution >= 4 is 5.91 Å². The molecule has 3 rings (SSSR count). The van der Waals surface area contributed by atoms with Crippen LogP contribution >= 0.6 is 0 Å². The summed E-state index contributed by atoms with van der Waals surface area (Å²) in [4.78, 5) is 12.6. The van der Waals surface area contributed by atoms with Gasteiger partial charge >= 0.3 is 0 Å². The first-order valence-corrected chi connectivity index (χ1v) is 7.55. The summed E-state index contributed by atoms with van der Waals surface area (Å²) in [6, 6.07) is 3.44. The monoisotopic (exact) mass is 294 g/mol. The Balaban J connectivity index is 1.68. The molecule has 114 valence electrons. The third-order valence-electron chi connectivity index (χ3n) is 4.94. The van der Waals surface area contributed by atoms with Crippen LogP contribution in [0.3, 0.4) is 0 Å². The third kappa shape index (κ3) is 2.67. The quantitative estimate of drug-likeness (QED) is 0.898. The van der Waals surface area contributed by atoms with E-state index in [1.165, 1.54) is 18.6 Å². The summed E-state index contributed by atoms with van der Waals surface area (Å²) in [6.07, 6.45) is 4.21. The van der Waals surface area contributed by atoms with E-state index in [0.717, 1.165) is 31.9 Å². The molecular formula is C16H20F2N2O. The number of hydrogen-bond donors (Lipinski definition) is 2. The van der Waals surface area contributed by atoms with E-state index in [0.29, 0.717) is 18.0 Å². The summed E-state index contributed by atoms with van der Waals surface area (Å²) < 4.78 is 26.5. The minimum Gasteiger partial charge on any atom is -0.351 e. The highest BCUT2D eigenvalue weighted by atomic mass is 19.1. The van der Waals surface area contributed by atoms with Gasteiger partial charge in [0.15, 0.2) is 0 Å². The molecule has 2 aliphatic rings. The van der Waals surface area contributed by atoms with Crippen LogP contribution in [0.2, 0.25) is 0 Å². The van der Waals surface area contributed by atoms with E-state index in [9.17, 15) is 13.6 Å². The van der Waals surface area contributed by atoms with Crippen LogP contribution < -0.4 is 10.6 Å². The van der Waals surface area contributed by atoms with Crippen LogP contribution in [0.5, 0.6) is 0 Å². The van der Waals surface area contributed by atoms with Gasteiger partial charge in [-0.05, 0) is 31.4 Å². The van der Waals surface area contributed by atoms with Gasteiger partial charge in [-0.2, -0.15) is 0 Å². The second-order valence-corrected chi connectivity index (χ2v) is 6.15. The van der Waals surface area contributed by atoms with Gasteiger partial charge in [-0.15, -0.1) is 0 Å². The standard InChI is InChI=1S/C16H20F2N2O/c17-13-5-4-11(14(18)7-13)8-20-15(21)16-6-2-1-3-12(16)9-19-10-16/h4-5,7,12,19H,1-3,6,8-10H2,(H,20,21)/t12-,16+/m0/s1. The van der Waals surface area contributed by atoms with Crippen molar-refractivity contribution in [1.29, 1.82) is 0 Å². The van der Waals surface area contributed by atoms with Gasteiger partial charge in [0.2, 0.25) is 5.91 Å². The van der Waals surface area contributed by atoms with Gasteiger partial charge < -0.3 is 10.6 Å². The normalized spacial score (nSPS) is 28.2. The summed E-state index contributed by atoms with van der Waals surface area (Å²) in [5.74, 6) is -0.837. The molecule has 1 heterocycles. The van der Waals surface area contributed by atoms with Crippen molar-refractivity contribution < 1.29 is 13.6 Å². The molecule has 1 aliphatic heterocycles. The molecule has 2 N–H and O–H groups in total. The predicted octanol–water partition coefficient (Wildman–Crippen LogP) is 2.36. The summed E-state index contributed by atoms with van der Waals surface area (Å²) in [5, 5.41) is 6.17. The Kier molecular flexibility index (Phi) is 3.93. The van der Waals surface area contributed by atoms with Gasteiger partial charge in [-0.1, -0.05) is 18.9 Å². The summed E-state index contributed by atoms with van der Waals surface area (Å²) >= 11 is 0. The molecular weight excluding hydrogens is 274 g/mol. The lowest BCUT2D eigenvalue weighted by atomic mass is 9.67. The Labute approximate surface area is 123 Å². The maximum absolute atomic E-state index is 13.6. The largest absolute Gasteiger partial charge is 0.351 e. The lowest BCUT2D eigenvalue weighted by Crippen LogP contribution is -2.47. The number of rotatable bonds is 3. The van der Waals surface area contributed by atoms with Gasteiger partial charge in [-0.3, -0.25) is 4.79 Å². The first kappa shape index (κ1) is 14.4. The van der Waals surface area contributed by atoms with Crippen molar-refractivity contribution in [2.24, 2.45) is 11.3 Å². The highest BCUT2D eigenvalue weighted by Crippen LogP contribution is 2.43. The van der Waals surface area contributed by atoms with Crippen molar-refractivity contribution in [3.63, 3.8) is 0 Å². The fourth-order valence-corrected chi connectivity index (χ4v) is 3.71. The molecule has 0 bridgehead atoms. The van der Waals surface area contributed by atoms with Crippen molar-refractivity contribution in [2.45, 2.75) is 32.2 Å². The van der Waals surface area contributed by atoms with E-state index in [1.54, 1.807) is 0 Å². The van der Waals surface area contributed by atoms with Crippen molar-refractivity contribution in [3.8, 4) is 0 Å². The zero-order chi connectivity index (χ0) is 14.9. The molecule has 0 aromatic heterocycles. The number of hydrogen-bond acceptors (Lipinski definition) is 2. The zero-order valence-corrected chi connectivity index (χ0v) is 11.9. The molecule has 0 radical (unpaired) electrons. The number of carbonyl (C=O) groups excluding carboxylic acids is 1. The van der Waals surface area contributed by atoms with Gasteiger partial charge in [0, 0.05) is 24.7 Å². The van der Waals surface area contributed by atoms with Crippen LogP contribution in [-0.4, -0.2) is 19.0 Å². The van der Waals surface area contributed by atoms with Gasteiger partial charge in [0.25, 0.3) is 0 Å². The fourth-order valence-electron chi connectivity index (χ4n) is 3.71. The van der Waals surface area contributed by atoms with Crippen molar-refractivity contribution in [1.82, 2.24) is 10.6 Å². The van der Waals surface area contributed by atoms with E-state index in [2.05, 4.69) is 10.6 Å². The molecule has 1 amide bonds. The maximum atomic E-state index is 13.6. The van der Waals surface area contributed by atoms with Crippen LogP contribution in [0, 0.1) is 23.0 Å². The Morgan fingerprint density at radius 1 is 1.38 bits per heavy atom. The van der Waals surface area contributed by atoms with Crippen LogP contribution in [0.25, 0.3) is 0 Å². The second-order valence-electron chi connectivity index (χ2n) is 6.15. The molecule has 3 nitrogen and oxygen atoms in total. The summed E-state index contributed by atoms with van der Waals surface area (Å²) in [7, 11) is 0. The molecule has 2 atom stereocenters. The molecule has 0 spiro atoms. The molecule has 1 aliphatic carbocycles. The van der Waals surface area contributed by atoms with Gasteiger partial charge in [0.05, 0.1) is 5.41 Å². The number of nitrogens with one attached hydrogen (secondary N) is 2. The maximum Gasteiger partial charge on any atom is 0.228 e. The lowest BCUT2D eigenvalue weighted by molar-refractivity contribution is -0.134. The van der Waals surface area contributed by atoms with E-state index in [-0.39, 0.29) is 17.9 Å². The average molecular weight is 294 g/mol. The molecule has 1 saturated carbocycles. The topological polar surface area (TPSA) is 41.1 Å². The Hall–Kier alpha value is -1.49. The zero-order valence-electron chi connectivity index (χ0n) is 11.9. The number of halogens is 2.